The van der Waals surface area contributed by atoms with Crippen LogP contribution in [0.4, 0.5) is 11.5 Å². The first-order chi connectivity index (χ1) is 12.9. The molecule has 0 unspecified atom stereocenters. The lowest BCUT2D eigenvalue weighted by molar-refractivity contribution is -0.384. The molecule has 1 saturated heterocycles. The molecule has 0 saturated carbocycles. The molecule has 1 fully saturated rings. The summed E-state index contributed by atoms with van der Waals surface area (Å²) in [5.41, 5.74) is 0.975. The van der Waals surface area contributed by atoms with Crippen LogP contribution >= 0.6 is 11.6 Å². The zero-order chi connectivity index (χ0) is 19.4. The van der Waals surface area contributed by atoms with Crippen molar-refractivity contribution in [1.29, 1.82) is 0 Å². The lowest BCUT2D eigenvalue weighted by atomic mass is 10.2. The number of piperazine rings is 1. The van der Waals surface area contributed by atoms with Crippen molar-refractivity contribution in [3.8, 4) is 0 Å². The van der Waals surface area contributed by atoms with Crippen molar-refractivity contribution >= 4 is 29.0 Å². The maximum Gasteiger partial charge on any atom is 0.270 e. The number of benzene rings is 1. The van der Waals surface area contributed by atoms with Crippen LogP contribution in [0.3, 0.4) is 0 Å². The van der Waals surface area contributed by atoms with Gasteiger partial charge in [-0.2, -0.15) is 0 Å². The Morgan fingerprint density at radius 1 is 1.26 bits per heavy atom. The van der Waals surface area contributed by atoms with E-state index < -0.39 is 4.92 Å². The molecule has 1 amide bonds. The highest BCUT2D eigenvalue weighted by molar-refractivity contribution is 6.34. The molecule has 1 aliphatic heterocycles. The molecule has 2 aromatic rings. The number of non-ortho nitro benzene ring substituents is 1. The molecular formula is C18H20ClN5O3. The third-order valence-electron chi connectivity index (χ3n) is 4.50. The van der Waals surface area contributed by atoms with Crippen molar-refractivity contribution in [3.05, 3.63) is 62.8 Å². The van der Waals surface area contributed by atoms with Gasteiger partial charge < -0.3 is 15.1 Å². The molecule has 9 heteroatoms. The maximum absolute atomic E-state index is 12.3. The molecule has 8 nitrogen and oxygen atoms in total. The van der Waals surface area contributed by atoms with Crippen LogP contribution in [-0.4, -0.2) is 53.9 Å². The van der Waals surface area contributed by atoms with Gasteiger partial charge in [0.2, 0.25) is 0 Å². The van der Waals surface area contributed by atoms with Gasteiger partial charge in [0.05, 0.1) is 15.5 Å². The minimum atomic E-state index is -0.551. The number of carbonyl (C=O) groups is 1. The molecule has 1 aliphatic rings. The Morgan fingerprint density at radius 2 is 2.00 bits per heavy atom. The van der Waals surface area contributed by atoms with Gasteiger partial charge in [0.25, 0.3) is 11.6 Å². The summed E-state index contributed by atoms with van der Waals surface area (Å²) in [7, 11) is 2.10. The molecule has 142 valence electrons. The summed E-state index contributed by atoms with van der Waals surface area (Å²) < 4.78 is 0. The van der Waals surface area contributed by atoms with E-state index in [9.17, 15) is 14.9 Å². The third kappa shape index (κ3) is 4.72. The number of rotatable bonds is 5. The predicted octanol–water partition coefficient (Wildman–Crippen LogP) is 2.33. The zero-order valence-corrected chi connectivity index (χ0v) is 15.6. The van der Waals surface area contributed by atoms with E-state index in [0.717, 1.165) is 37.6 Å². The summed E-state index contributed by atoms with van der Waals surface area (Å²) in [6, 6.07) is 7.60. The molecule has 0 bridgehead atoms. The van der Waals surface area contributed by atoms with Gasteiger partial charge >= 0.3 is 0 Å². The number of likely N-dealkylation sites (N-methyl/N-ethyl adjacent to an activating group) is 1. The van der Waals surface area contributed by atoms with Gasteiger partial charge in [0, 0.05) is 51.1 Å². The van der Waals surface area contributed by atoms with Gasteiger partial charge in [-0.05, 0) is 30.8 Å². The minimum Gasteiger partial charge on any atom is -0.354 e. The highest BCUT2D eigenvalue weighted by Crippen LogP contribution is 2.22. The fraction of sp³-hybridized carbons (Fsp3) is 0.333. The van der Waals surface area contributed by atoms with Crippen LogP contribution in [0.15, 0.2) is 36.5 Å². The van der Waals surface area contributed by atoms with E-state index >= 15 is 0 Å². The van der Waals surface area contributed by atoms with Gasteiger partial charge in [-0.25, -0.2) is 4.98 Å². The van der Waals surface area contributed by atoms with E-state index in [4.69, 9.17) is 11.6 Å². The zero-order valence-electron chi connectivity index (χ0n) is 14.9. The topological polar surface area (TPSA) is 91.6 Å². The van der Waals surface area contributed by atoms with Gasteiger partial charge in [0.15, 0.2) is 0 Å². The monoisotopic (exact) mass is 389 g/mol. The standard InChI is InChI=1S/C18H20ClN5O3/c1-22-6-8-23(9-7-22)17-10-13(4-5-20-17)12-21-18(25)15-3-2-14(24(26)27)11-16(15)19/h2-5,10-11H,6-9,12H2,1H3,(H,21,25). The van der Waals surface area contributed by atoms with Crippen molar-refractivity contribution in [1.82, 2.24) is 15.2 Å². The summed E-state index contributed by atoms with van der Waals surface area (Å²) in [6.45, 7) is 4.12. The van der Waals surface area contributed by atoms with Crippen LogP contribution in [-0.2, 0) is 6.54 Å². The number of carbonyl (C=O) groups excluding carboxylic acids is 1. The largest absolute Gasteiger partial charge is 0.354 e. The van der Waals surface area contributed by atoms with E-state index in [0.29, 0.717) is 6.54 Å². The Hall–Kier alpha value is -2.71. The molecule has 0 spiro atoms. The van der Waals surface area contributed by atoms with Crippen molar-refractivity contribution in [2.45, 2.75) is 6.54 Å². The molecule has 3 rings (SSSR count). The van der Waals surface area contributed by atoms with Crippen LogP contribution in [0.25, 0.3) is 0 Å². The number of aromatic nitrogens is 1. The van der Waals surface area contributed by atoms with E-state index in [1.54, 1.807) is 6.20 Å². The van der Waals surface area contributed by atoms with Crippen molar-refractivity contribution < 1.29 is 9.72 Å². The molecule has 0 radical (unpaired) electrons. The number of pyridine rings is 1. The third-order valence-corrected chi connectivity index (χ3v) is 4.81. The quantitative estimate of drug-likeness (QED) is 0.623. The first-order valence-corrected chi connectivity index (χ1v) is 8.92. The molecule has 1 aromatic carbocycles. The Kier molecular flexibility index (Phi) is 5.88. The summed E-state index contributed by atoms with van der Waals surface area (Å²) in [5, 5.41) is 13.6. The number of amides is 1. The summed E-state index contributed by atoms with van der Waals surface area (Å²) in [4.78, 5) is 31.5. The average Bonchev–Trinajstić information content (AvgIpc) is 2.66. The van der Waals surface area contributed by atoms with Crippen molar-refractivity contribution in [2.24, 2.45) is 0 Å². The van der Waals surface area contributed by atoms with Gasteiger partial charge in [0.1, 0.15) is 5.82 Å². The average molecular weight is 390 g/mol. The van der Waals surface area contributed by atoms with E-state index in [2.05, 4.69) is 27.1 Å². The van der Waals surface area contributed by atoms with E-state index in [1.165, 1.54) is 18.2 Å². The Morgan fingerprint density at radius 3 is 2.67 bits per heavy atom. The number of hydrogen-bond donors (Lipinski definition) is 1. The fourth-order valence-electron chi connectivity index (χ4n) is 2.86. The second-order valence-electron chi connectivity index (χ2n) is 6.42. The minimum absolute atomic E-state index is 0.0505. The van der Waals surface area contributed by atoms with E-state index in [-0.39, 0.29) is 22.2 Å². The smallest absolute Gasteiger partial charge is 0.270 e. The number of nitro groups is 1. The first-order valence-electron chi connectivity index (χ1n) is 8.54. The van der Waals surface area contributed by atoms with Crippen LogP contribution in [0.5, 0.6) is 0 Å². The number of nitro benzene ring substituents is 1. The number of halogens is 1. The molecule has 1 aromatic heterocycles. The SMILES string of the molecule is CN1CCN(c2cc(CNC(=O)c3ccc([N+](=O)[O-])cc3Cl)ccn2)CC1. The Labute approximate surface area is 161 Å². The number of anilines is 1. The van der Waals surface area contributed by atoms with Crippen molar-refractivity contribution in [3.63, 3.8) is 0 Å². The van der Waals surface area contributed by atoms with Crippen LogP contribution in [0, 0.1) is 10.1 Å². The lowest BCUT2D eigenvalue weighted by Gasteiger charge is -2.33. The maximum atomic E-state index is 12.3. The molecule has 27 heavy (non-hydrogen) atoms. The summed E-state index contributed by atoms with van der Waals surface area (Å²) in [6.07, 6.45) is 1.73. The highest BCUT2D eigenvalue weighted by atomic mass is 35.5. The molecule has 0 atom stereocenters. The van der Waals surface area contributed by atoms with Gasteiger partial charge in [-0.15, -0.1) is 0 Å². The normalized spacial score (nSPS) is 14.8. The summed E-state index contributed by atoms with van der Waals surface area (Å²) >= 11 is 6.00. The van der Waals surface area contributed by atoms with Crippen LogP contribution < -0.4 is 10.2 Å². The molecular weight excluding hydrogens is 370 g/mol. The molecule has 2 heterocycles. The predicted molar refractivity (Wildman–Crippen MR) is 103 cm³/mol. The highest BCUT2D eigenvalue weighted by Gasteiger charge is 2.17. The van der Waals surface area contributed by atoms with Crippen LogP contribution in [0.2, 0.25) is 5.02 Å². The van der Waals surface area contributed by atoms with Crippen LogP contribution in [0.1, 0.15) is 15.9 Å². The van der Waals surface area contributed by atoms with E-state index in [1.807, 2.05) is 12.1 Å². The molecule has 1 N–H and O–H groups in total. The number of nitrogens with zero attached hydrogens (tertiary/aromatic N) is 4. The lowest BCUT2D eigenvalue weighted by Crippen LogP contribution is -2.44. The van der Waals surface area contributed by atoms with Gasteiger partial charge in [-0.3, -0.25) is 14.9 Å². The Balaban J connectivity index is 1.64. The Bertz CT molecular complexity index is 853. The number of nitrogens with one attached hydrogen (secondary N) is 1. The first kappa shape index (κ1) is 19.1. The van der Waals surface area contributed by atoms with Gasteiger partial charge in [-0.1, -0.05) is 11.6 Å². The second-order valence-corrected chi connectivity index (χ2v) is 6.82. The number of hydrogen-bond acceptors (Lipinski definition) is 6. The fourth-order valence-corrected chi connectivity index (χ4v) is 3.12. The second kappa shape index (κ2) is 8.32. The molecule has 0 aliphatic carbocycles. The summed E-state index contributed by atoms with van der Waals surface area (Å²) in [5.74, 6) is 0.510. The van der Waals surface area contributed by atoms with Crippen molar-refractivity contribution in [2.75, 3.05) is 38.1 Å².